The van der Waals surface area contributed by atoms with E-state index in [4.69, 9.17) is 0 Å². The minimum Gasteiger partial charge on any atom is -0.325 e. The summed E-state index contributed by atoms with van der Waals surface area (Å²) in [6, 6.07) is 6.90. The van der Waals surface area contributed by atoms with Gasteiger partial charge < -0.3 is 10.6 Å². The zero-order chi connectivity index (χ0) is 17.9. The minimum atomic E-state index is -0.805. The Morgan fingerprint density at radius 3 is 2.32 bits per heavy atom. The monoisotopic (exact) mass is 455 g/mol. The molecule has 4 amide bonds. The van der Waals surface area contributed by atoms with Crippen LogP contribution in [0, 0.1) is 3.57 Å². The van der Waals surface area contributed by atoms with E-state index >= 15 is 0 Å². The number of urea groups is 1. The number of nitrogens with one attached hydrogen (secondary N) is 2. The predicted octanol–water partition coefficient (Wildman–Crippen LogP) is 3.26. The Bertz CT molecular complexity index is 667. The highest BCUT2D eigenvalue weighted by Gasteiger charge is 2.50. The van der Waals surface area contributed by atoms with Crippen LogP contribution in [0.25, 0.3) is 0 Å². The van der Waals surface area contributed by atoms with E-state index in [2.05, 4.69) is 33.2 Å². The van der Waals surface area contributed by atoms with Gasteiger partial charge in [-0.15, -0.1) is 0 Å². The Balaban J connectivity index is 1.65. The number of hydrogen-bond acceptors (Lipinski definition) is 3. The van der Waals surface area contributed by atoms with Crippen molar-refractivity contribution in [3.8, 4) is 0 Å². The van der Waals surface area contributed by atoms with Gasteiger partial charge in [0.05, 0.1) is 0 Å². The molecule has 2 N–H and O–H groups in total. The number of carbonyl (C=O) groups is 3. The van der Waals surface area contributed by atoms with Crippen molar-refractivity contribution in [2.24, 2.45) is 0 Å². The van der Waals surface area contributed by atoms with Crippen LogP contribution in [-0.2, 0) is 9.59 Å². The van der Waals surface area contributed by atoms with Gasteiger partial charge in [-0.2, -0.15) is 0 Å². The van der Waals surface area contributed by atoms with Gasteiger partial charge in [0.25, 0.3) is 5.91 Å². The van der Waals surface area contributed by atoms with Crippen LogP contribution >= 0.6 is 22.6 Å². The molecule has 1 saturated carbocycles. The maximum absolute atomic E-state index is 12.9. The van der Waals surface area contributed by atoms with E-state index < -0.39 is 11.6 Å². The van der Waals surface area contributed by atoms with Crippen molar-refractivity contribution in [1.29, 1.82) is 0 Å². The minimum absolute atomic E-state index is 0.252. The van der Waals surface area contributed by atoms with E-state index in [0.29, 0.717) is 18.5 Å². The number of halogens is 1. The summed E-state index contributed by atoms with van der Waals surface area (Å²) < 4.78 is 1.07. The van der Waals surface area contributed by atoms with Gasteiger partial charge in [-0.3, -0.25) is 14.5 Å². The third-order valence-electron chi connectivity index (χ3n) is 4.88. The number of amides is 4. The van der Waals surface area contributed by atoms with Gasteiger partial charge in [0.15, 0.2) is 0 Å². The van der Waals surface area contributed by atoms with E-state index in [1.807, 2.05) is 12.1 Å². The van der Waals surface area contributed by atoms with Crippen molar-refractivity contribution in [2.75, 3.05) is 11.9 Å². The summed E-state index contributed by atoms with van der Waals surface area (Å²) in [6.07, 6.45) is 6.51. The Labute approximate surface area is 160 Å². The zero-order valence-corrected chi connectivity index (χ0v) is 16.2. The Morgan fingerprint density at radius 1 is 1.08 bits per heavy atom. The smallest absolute Gasteiger partial charge is 0.325 e. The first kappa shape index (κ1) is 18.2. The SMILES string of the molecule is O=C(CN1C(=O)NC2(CCCCCCC2)C1=O)Nc1ccc(I)cc1. The van der Waals surface area contributed by atoms with Crippen LogP contribution in [0.1, 0.15) is 44.9 Å². The molecule has 25 heavy (non-hydrogen) atoms. The number of imide groups is 1. The van der Waals surface area contributed by atoms with Gasteiger partial charge in [-0.25, -0.2) is 4.79 Å². The molecule has 0 radical (unpaired) electrons. The highest BCUT2D eigenvalue weighted by Crippen LogP contribution is 2.32. The fourth-order valence-electron chi connectivity index (χ4n) is 3.54. The van der Waals surface area contributed by atoms with Gasteiger partial charge in [0.1, 0.15) is 12.1 Å². The van der Waals surface area contributed by atoms with Gasteiger partial charge in [-0.05, 0) is 59.7 Å². The third-order valence-corrected chi connectivity index (χ3v) is 5.60. The molecule has 7 heteroatoms. The number of anilines is 1. The second-order valence-corrected chi connectivity index (χ2v) is 7.97. The molecule has 6 nitrogen and oxygen atoms in total. The average molecular weight is 455 g/mol. The lowest BCUT2D eigenvalue weighted by atomic mass is 9.84. The van der Waals surface area contributed by atoms with Crippen LogP contribution in [0.5, 0.6) is 0 Å². The van der Waals surface area contributed by atoms with Crippen molar-refractivity contribution in [1.82, 2.24) is 10.2 Å². The van der Waals surface area contributed by atoms with Crippen LogP contribution in [0.4, 0.5) is 10.5 Å². The third kappa shape index (κ3) is 4.13. The van der Waals surface area contributed by atoms with Crippen molar-refractivity contribution in [3.63, 3.8) is 0 Å². The van der Waals surface area contributed by atoms with Crippen molar-refractivity contribution in [2.45, 2.75) is 50.5 Å². The maximum Gasteiger partial charge on any atom is 0.325 e. The number of nitrogens with zero attached hydrogens (tertiary/aromatic N) is 1. The first-order chi connectivity index (χ1) is 12.0. The second-order valence-electron chi connectivity index (χ2n) is 6.73. The molecule has 1 heterocycles. The molecule has 0 unspecified atom stereocenters. The first-order valence-corrected chi connectivity index (χ1v) is 9.78. The fraction of sp³-hybridized carbons (Fsp3) is 0.500. The molecule has 1 aliphatic carbocycles. The zero-order valence-electron chi connectivity index (χ0n) is 14.0. The first-order valence-electron chi connectivity index (χ1n) is 8.70. The van der Waals surface area contributed by atoms with Crippen LogP contribution in [-0.4, -0.2) is 34.8 Å². The summed E-state index contributed by atoms with van der Waals surface area (Å²) in [4.78, 5) is 38.5. The van der Waals surface area contributed by atoms with E-state index in [1.54, 1.807) is 12.1 Å². The molecule has 2 aliphatic rings. The quantitative estimate of drug-likeness (QED) is 0.543. The van der Waals surface area contributed by atoms with Crippen LogP contribution in [0.15, 0.2) is 24.3 Å². The molecule has 0 atom stereocenters. The molecule has 1 aromatic carbocycles. The summed E-state index contributed by atoms with van der Waals surface area (Å²) in [5.74, 6) is -0.621. The van der Waals surface area contributed by atoms with E-state index in [1.165, 1.54) is 6.42 Å². The highest BCUT2D eigenvalue weighted by molar-refractivity contribution is 14.1. The molecule has 1 spiro atoms. The van der Waals surface area contributed by atoms with Crippen molar-refractivity contribution in [3.05, 3.63) is 27.8 Å². The summed E-state index contributed by atoms with van der Waals surface area (Å²) in [5, 5.41) is 5.60. The Morgan fingerprint density at radius 2 is 1.68 bits per heavy atom. The lowest BCUT2D eigenvalue weighted by molar-refractivity contribution is -0.134. The predicted molar refractivity (Wildman–Crippen MR) is 103 cm³/mol. The van der Waals surface area contributed by atoms with Gasteiger partial charge in [0.2, 0.25) is 5.91 Å². The summed E-state index contributed by atoms with van der Waals surface area (Å²) >= 11 is 2.18. The molecule has 0 bridgehead atoms. The van der Waals surface area contributed by atoms with Gasteiger partial charge >= 0.3 is 6.03 Å². The van der Waals surface area contributed by atoms with Crippen molar-refractivity contribution < 1.29 is 14.4 Å². The van der Waals surface area contributed by atoms with E-state index in [-0.39, 0.29) is 18.4 Å². The van der Waals surface area contributed by atoms with E-state index in [9.17, 15) is 14.4 Å². The summed E-state index contributed by atoms with van der Waals surface area (Å²) in [7, 11) is 0. The largest absolute Gasteiger partial charge is 0.325 e. The highest BCUT2D eigenvalue weighted by atomic mass is 127. The molecule has 1 aliphatic heterocycles. The molecule has 2 fully saturated rings. The summed E-state index contributed by atoms with van der Waals surface area (Å²) in [6.45, 7) is -0.252. The van der Waals surface area contributed by atoms with Crippen molar-refractivity contribution >= 4 is 46.1 Å². The van der Waals surface area contributed by atoms with Crippen LogP contribution in [0.3, 0.4) is 0 Å². The Kier molecular flexibility index (Phi) is 5.61. The number of hydrogen-bond donors (Lipinski definition) is 2. The lowest BCUT2D eigenvalue weighted by Gasteiger charge is -2.28. The molecular weight excluding hydrogens is 433 g/mol. The van der Waals surface area contributed by atoms with Gasteiger partial charge in [-0.1, -0.05) is 32.1 Å². The molecule has 3 rings (SSSR count). The molecule has 1 saturated heterocycles. The normalized spacial score (nSPS) is 20.1. The lowest BCUT2D eigenvalue weighted by Crippen LogP contribution is -2.47. The second kappa shape index (κ2) is 7.72. The average Bonchev–Trinajstić information content (AvgIpc) is 2.78. The fourth-order valence-corrected chi connectivity index (χ4v) is 3.90. The molecule has 0 aromatic heterocycles. The maximum atomic E-state index is 12.9. The number of carbonyl (C=O) groups excluding carboxylic acids is 3. The van der Waals surface area contributed by atoms with E-state index in [0.717, 1.165) is 34.2 Å². The topological polar surface area (TPSA) is 78.5 Å². The van der Waals surface area contributed by atoms with Crippen LogP contribution in [0.2, 0.25) is 0 Å². The number of benzene rings is 1. The molecular formula is C18H22IN3O3. The van der Waals surface area contributed by atoms with Gasteiger partial charge in [0, 0.05) is 9.26 Å². The standard InChI is InChI=1S/C18H22IN3O3/c19-13-6-8-14(9-7-13)20-15(23)12-22-16(24)18(21-17(22)25)10-4-2-1-3-5-11-18/h6-9H,1-5,10-12H2,(H,20,23)(H,21,25). The molecule has 134 valence electrons. The Hall–Kier alpha value is -1.64. The molecule has 1 aromatic rings. The summed E-state index contributed by atoms with van der Waals surface area (Å²) in [5.41, 5.74) is -0.154. The number of rotatable bonds is 3. The van der Waals surface area contributed by atoms with Crippen LogP contribution < -0.4 is 10.6 Å².